The fourth-order valence-electron chi connectivity index (χ4n) is 7.38. The van der Waals surface area contributed by atoms with Crippen LogP contribution < -0.4 is 18.9 Å². The van der Waals surface area contributed by atoms with Gasteiger partial charge in [-0.1, -0.05) is 6.07 Å². The van der Waals surface area contributed by atoms with Crippen molar-refractivity contribution < 1.29 is 61.5 Å². The van der Waals surface area contributed by atoms with Gasteiger partial charge < -0.3 is 42.3 Å². The lowest BCUT2D eigenvalue weighted by Gasteiger charge is -2.18. The normalized spacial score (nSPS) is 11.5. The Bertz CT molecular complexity index is 3580. The summed E-state index contributed by atoms with van der Waals surface area (Å²) in [6, 6.07) is 38.0. The first-order valence-corrected chi connectivity index (χ1v) is 32.2. The largest absolute Gasteiger partial charge is 0.494 e. The van der Waals surface area contributed by atoms with Crippen LogP contribution in [0.25, 0.3) is 42.3 Å². The summed E-state index contributed by atoms with van der Waals surface area (Å²) >= 11 is 7.25. The molecule has 0 amide bonds. The van der Waals surface area contributed by atoms with Crippen LogP contribution >= 0.6 is 56.7 Å². The Balaban J connectivity index is 0.000000151. The second-order valence-electron chi connectivity index (χ2n) is 19.4. The van der Waals surface area contributed by atoms with Crippen LogP contribution in [0, 0.1) is 0 Å². The number of hydrogen-bond donors (Lipinski definition) is 0. The molecule has 1 saturated carbocycles. The van der Waals surface area contributed by atoms with Crippen molar-refractivity contribution in [3.63, 3.8) is 0 Å². The van der Waals surface area contributed by atoms with Gasteiger partial charge in [0.2, 0.25) is 0 Å². The van der Waals surface area contributed by atoms with E-state index in [0.717, 1.165) is 83.0 Å². The summed E-state index contributed by atoms with van der Waals surface area (Å²) < 4.78 is 47.7. The fourth-order valence-corrected chi connectivity index (χ4v) is 11.2. The van der Waals surface area contributed by atoms with Crippen LogP contribution in [0.3, 0.4) is 0 Å². The third-order valence-corrected chi connectivity index (χ3v) is 16.0. The van der Waals surface area contributed by atoms with E-state index >= 15 is 0 Å². The van der Waals surface area contributed by atoms with Crippen molar-refractivity contribution in [3.8, 4) is 65.3 Å². The van der Waals surface area contributed by atoms with Gasteiger partial charge in [-0.15, -0.1) is 56.7 Å². The quantitative estimate of drug-likeness (QED) is 0.0484. The minimum atomic E-state index is -0.514. The number of benzene rings is 4. The predicted molar refractivity (Wildman–Crippen MR) is 340 cm³/mol. The van der Waals surface area contributed by atoms with Crippen LogP contribution in [0.1, 0.15) is 114 Å². The lowest BCUT2D eigenvalue weighted by Crippen LogP contribution is -2.24. The Morgan fingerprint density at radius 3 is 1.15 bits per heavy atom. The number of nitrogens with zero attached hydrogens (tertiary/aromatic N) is 4. The molecule has 6 aromatic heterocycles. The Kier molecular flexibility index (Phi) is 23.9. The fraction of sp³-hybridized carbons (Fsp3) is 0.262. The first kappa shape index (κ1) is 64.5. The molecule has 0 bridgehead atoms. The van der Waals surface area contributed by atoms with Crippen LogP contribution in [0.4, 0.5) is 0 Å². The second-order valence-corrected chi connectivity index (χ2v) is 23.9. The van der Waals surface area contributed by atoms with E-state index in [2.05, 4.69) is 19.9 Å². The van der Waals surface area contributed by atoms with Gasteiger partial charge in [-0.05, 0) is 182 Å². The highest BCUT2D eigenvalue weighted by atomic mass is 32.1. The lowest BCUT2D eigenvalue weighted by atomic mass is 10.2. The molecule has 0 unspecified atom stereocenters. The van der Waals surface area contributed by atoms with Crippen molar-refractivity contribution >= 4 is 80.6 Å². The smallest absolute Gasteiger partial charge is 0.358 e. The van der Waals surface area contributed by atoms with Crippen LogP contribution in [0.2, 0.25) is 0 Å². The van der Waals surface area contributed by atoms with Crippen LogP contribution in [0.15, 0.2) is 159 Å². The van der Waals surface area contributed by atoms with E-state index in [9.17, 15) is 19.2 Å². The van der Waals surface area contributed by atoms with Gasteiger partial charge in [0.15, 0.2) is 22.8 Å². The van der Waals surface area contributed by atoms with Crippen molar-refractivity contribution in [1.82, 2.24) is 19.9 Å². The number of esters is 4. The standard InChI is InChI=1S/C17H15NO4S.C17H15NO3S2.C16H19NO3S.C15H15NO3S/c1-2-20-13-7-5-12(6-8-13)16-18-15(11-23-16)17(19)22-10-14-4-3-9-21-14;1-2-20-13-7-5-12(6-8-13)16-18-15(11-23-16)17(19)21-10-14-4-3-9-22-14;1-5-19-12-8-6-11(7-9-12)14-17-13(10-21-14)15(18)20-16(2,3)4;1-2-18-11-5-3-10(4-6-11)14-16-13(9-20-14)15(17)19-12-7-8-12/h2*3-9,11H,2,10H2,1H3;6-10H,5H2,1-4H3;3-6,9,12H,2,7-8H2,1H3. The van der Waals surface area contributed by atoms with Gasteiger partial charge in [0.05, 0.1) is 32.7 Å². The van der Waals surface area contributed by atoms with Gasteiger partial charge in [0, 0.05) is 48.7 Å². The van der Waals surface area contributed by atoms with Gasteiger partial charge in [0.25, 0.3) is 0 Å². The SMILES string of the molecule is CCOc1ccc(-c2nc(C(=O)OC(C)(C)C)cs2)cc1.CCOc1ccc(-c2nc(C(=O)OC3CC3)cs2)cc1.CCOc1ccc(-c2nc(C(=O)OCc3ccco3)cs2)cc1.CCOc1ccc(-c2nc(C(=O)OCc3cccs3)cs2)cc1. The van der Waals surface area contributed by atoms with Gasteiger partial charge in [0.1, 0.15) is 73.7 Å². The highest BCUT2D eigenvalue weighted by Crippen LogP contribution is 2.31. The van der Waals surface area contributed by atoms with E-state index in [4.69, 9.17) is 42.3 Å². The molecule has 0 radical (unpaired) electrons. The summed E-state index contributed by atoms with van der Waals surface area (Å²) in [5, 5.41) is 12.0. The predicted octanol–water partition coefficient (Wildman–Crippen LogP) is 16.5. The van der Waals surface area contributed by atoms with Crippen molar-refractivity contribution in [2.24, 2.45) is 0 Å². The molecule has 452 valence electrons. The van der Waals surface area contributed by atoms with Crippen LogP contribution in [-0.2, 0) is 32.2 Å². The average Bonchev–Trinajstić information content (AvgIpc) is 3.24. The van der Waals surface area contributed by atoms with E-state index in [1.807, 2.05) is 163 Å². The van der Waals surface area contributed by atoms with Gasteiger partial charge in [-0.2, -0.15) is 0 Å². The molecule has 17 nitrogen and oxygen atoms in total. The number of carbonyl (C=O) groups is 4. The van der Waals surface area contributed by atoms with E-state index in [0.29, 0.717) is 55.0 Å². The van der Waals surface area contributed by atoms with Crippen molar-refractivity contribution in [1.29, 1.82) is 0 Å². The highest BCUT2D eigenvalue weighted by molar-refractivity contribution is 7.14. The molecule has 4 aromatic carbocycles. The molecular formula is C65H64N4O13S5. The Morgan fingerprint density at radius 1 is 0.460 bits per heavy atom. The number of carbonyl (C=O) groups excluding carboxylic acids is 4. The number of aromatic nitrogens is 4. The molecule has 11 rings (SSSR count). The van der Waals surface area contributed by atoms with Gasteiger partial charge >= 0.3 is 23.9 Å². The summed E-state index contributed by atoms with van der Waals surface area (Å²) in [5.74, 6) is 2.32. The molecule has 87 heavy (non-hydrogen) atoms. The van der Waals surface area contributed by atoms with Gasteiger partial charge in [-0.3, -0.25) is 0 Å². The minimum absolute atomic E-state index is 0.0990. The third-order valence-electron chi connectivity index (χ3n) is 11.6. The van der Waals surface area contributed by atoms with E-state index < -0.39 is 23.5 Å². The van der Waals surface area contributed by atoms with Crippen molar-refractivity contribution in [2.75, 3.05) is 26.4 Å². The molecule has 0 N–H and O–H groups in total. The van der Waals surface area contributed by atoms with E-state index in [-0.39, 0.29) is 25.3 Å². The van der Waals surface area contributed by atoms with E-state index in [1.165, 1.54) is 51.6 Å². The van der Waals surface area contributed by atoms with Crippen molar-refractivity contribution in [2.45, 2.75) is 86.2 Å². The Labute approximate surface area is 524 Å². The molecule has 10 aromatic rings. The summed E-state index contributed by atoms with van der Waals surface area (Å²) in [5.41, 5.74) is 4.69. The zero-order chi connectivity index (χ0) is 61.5. The Morgan fingerprint density at radius 2 is 0.828 bits per heavy atom. The molecule has 0 aliphatic heterocycles. The summed E-state index contributed by atoms with van der Waals surface area (Å²) in [6.45, 7) is 16.2. The highest BCUT2D eigenvalue weighted by Gasteiger charge is 2.28. The zero-order valence-corrected chi connectivity index (χ0v) is 53.0. The number of furan rings is 1. The zero-order valence-electron chi connectivity index (χ0n) is 48.9. The van der Waals surface area contributed by atoms with Gasteiger partial charge in [-0.25, -0.2) is 39.1 Å². The van der Waals surface area contributed by atoms with Crippen LogP contribution in [-0.4, -0.2) is 81.9 Å². The maximum absolute atomic E-state index is 12.0. The first-order valence-electron chi connectivity index (χ1n) is 27.8. The monoisotopic (exact) mass is 1270 g/mol. The first-order chi connectivity index (χ1) is 42.2. The average molecular weight is 1270 g/mol. The summed E-state index contributed by atoms with van der Waals surface area (Å²) in [6.07, 6.45) is 3.59. The topological polar surface area (TPSA) is 207 Å². The number of ether oxygens (including phenoxy) is 8. The van der Waals surface area contributed by atoms with E-state index in [1.54, 1.807) is 45.0 Å². The maximum atomic E-state index is 12.0. The molecular weight excluding hydrogens is 1210 g/mol. The molecule has 1 aliphatic rings. The molecule has 1 aliphatic carbocycles. The number of thiazole rings is 4. The lowest BCUT2D eigenvalue weighted by molar-refractivity contribution is 0.00629. The molecule has 0 saturated heterocycles. The van der Waals surface area contributed by atoms with Crippen LogP contribution in [0.5, 0.6) is 23.0 Å². The number of rotatable bonds is 21. The second kappa shape index (κ2) is 32.3. The molecule has 0 spiro atoms. The third kappa shape index (κ3) is 20.3. The molecule has 0 atom stereocenters. The summed E-state index contributed by atoms with van der Waals surface area (Å²) in [4.78, 5) is 66.1. The number of thiophene rings is 1. The number of hydrogen-bond acceptors (Lipinski definition) is 22. The Hall–Kier alpha value is -8.54. The summed E-state index contributed by atoms with van der Waals surface area (Å²) in [7, 11) is 0. The molecule has 6 heterocycles. The maximum Gasteiger partial charge on any atom is 0.358 e. The molecule has 1 fully saturated rings. The van der Waals surface area contributed by atoms with Crippen molar-refractivity contribution in [3.05, 3.63) is 188 Å². The minimum Gasteiger partial charge on any atom is -0.494 e. The molecule has 22 heteroatoms.